The Morgan fingerprint density at radius 3 is 2.57 bits per heavy atom. The van der Waals surface area contributed by atoms with Crippen molar-refractivity contribution in [3.8, 4) is 0 Å². The van der Waals surface area contributed by atoms with Gasteiger partial charge in [-0.2, -0.15) is 0 Å². The van der Waals surface area contributed by atoms with Gasteiger partial charge < -0.3 is 9.84 Å². The van der Waals surface area contributed by atoms with Crippen molar-refractivity contribution < 1.29 is 19.4 Å². The summed E-state index contributed by atoms with van der Waals surface area (Å²) in [5.41, 5.74) is 0. The first kappa shape index (κ1) is 12.7. The van der Waals surface area contributed by atoms with Crippen molar-refractivity contribution in [2.45, 2.75) is 32.6 Å². The molecule has 0 heterocycles. The van der Waals surface area contributed by atoms with Crippen LogP contribution in [0, 0.1) is 0 Å². The Morgan fingerprint density at radius 2 is 2.00 bits per heavy atom. The summed E-state index contributed by atoms with van der Waals surface area (Å²) < 4.78 is 4.79. The lowest BCUT2D eigenvalue weighted by molar-refractivity contribution is -0.147. The molecule has 4 heteroatoms. The molecule has 0 bridgehead atoms. The molecule has 0 rings (SSSR count). The molecule has 80 valence electrons. The van der Waals surface area contributed by atoms with Gasteiger partial charge in [0.15, 0.2) is 0 Å². The highest BCUT2D eigenvalue weighted by molar-refractivity contribution is 5.76. The summed E-state index contributed by atoms with van der Waals surface area (Å²) in [4.78, 5) is 21.0. The fourth-order valence-corrected chi connectivity index (χ4v) is 0.806. The Morgan fingerprint density at radius 1 is 1.29 bits per heavy atom. The molecule has 0 fully saturated rings. The lowest BCUT2D eigenvalue weighted by Crippen LogP contribution is -2.07. The van der Waals surface area contributed by atoms with Gasteiger partial charge in [0.2, 0.25) is 0 Å². The number of rotatable bonds is 7. The van der Waals surface area contributed by atoms with Gasteiger partial charge in [-0.05, 0) is 12.8 Å². The van der Waals surface area contributed by atoms with E-state index in [-0.39, 0.29) is 12.8 Å². The molecule has 0 atom stereocenters. The van der Waals surface area contributed by atoms with Crippen molar-refractivity contribution >= 4 is 11.9 Å². The minimum atomic E-state index is -0.979. The Balaban J connectivity index is 3.35. The zero-order chi connectivity index (χ0) is 10.8. The molecule has 0 saturated heterocycles. The van der Waals surface area contributed by atoms with Gasteiger partial charge in [0.05, 0.1) is 19.4 Å². The topological polar surface area (TPSA) is 63.6 Å². The molecule has 0 spiro atoms. The van der Waals surface area contributed by atoms with Crippen molar-refractivity contribution in [2.75, 3.05) is 6.61 Å². The second-order valence-electron chi connectivity index (χ2n) is 2.78. The highest BCUT2D eigenvalue weighted by Gasteiger charge is 2.05. The van der Waals surface area contributed by atoms with Crippen LogP contribution in [0.5, 0.6) is 0 Å². The zero-order valence-electron chi connectivity index (χ0n) is 8.36. The van der Waals surface area contributed by atoms with E-state index >= 15 is 0 Å². The van der Waals surface area contributed by atoms with Gasteiger partial charge in [0, 0.05) is 0 Å². The molecule has 0 aromatic rings. The number of esters is 1. The molecule has 14 heavy (non-hydrogen) atoms. The summed E-state index contributed by atoms with van der Waals surface area (Å²) in [6, 6.07) is 0. The lowest BCUT2D eigenvalue weighted by Gasteiger charge is -2.00. The van der Waals surface area contributed by atoms with Crippen LogP contribution in [0.3, 0.4) is 0 Å². The maximum Gasteiger partial charge on any atom is 0.306 e. The molecular weight excluding hydrogens is 184 g/mol. The van der Waals surface area contributed by atoms with Gasteiger partial charge in [0.25, 0.3) is 0 Å². The van der Waals surface area contributed by atoms with E-state index in [4.69, 9.17) is 9.84 Å². The summed E-state index contributed by atoms with van der Waals surface area (Å²) in [7, 11) is 0. The number of carbonyl (C=O) groups excluding carboxylic acids is 1. The number of allylic oxidation sites excluding steroid dienone is 1. The monoisotopic (exact) mass is 200 g/mol. The van der Waals surface area contributed by atoms with Crippen LogP contribution >= 0.6 is 0 Å². The quantitative estimate of drug-likeness (QED) is 0.386. The fraction of sp³-hybridized carbons (Fsp3) is 0.600. The van der Waals surface area contributed by atoms with Crippen LogP contribution in [0.25, 0.3) is 0 Å². The van der Waals surface area contributed by atoms with E-state index in [1.165, 1.54) is 0 Å². The van der Waals surface area contributed by atoms with Crippen LogP contribution in [-0.4, -0.2) is 23.7 Å². The highest BCUT2D eigenvalue weighted by Crippen LogP contribution is 1.95. The van der Waals surface area contributed by atoms with Gasteiger partial charge in [-0.1, -0.05) is 19.1 Å². The normalized spacial score (nSPS) is 10.4. The van der Waals surface area contributed by atoms with E-state index in [9.17, 15) is 9.59 Å². The van der Waals surface area contributed by atoms with E-state index in [1.54, 1.807) is 0 Å². The van der Waals surface area contributed by atoms with Gasteiger partial charge in [-0.3, -0.25) is 9.59 Å². The van der Waals surface area contributed by atoms with Crippen molar-refractivity contribution in [2.24, 2.45) is 0 Å². The third kappa shape index (κ3) is 8.77. The van der Waals surface area contributed by atoms with E-state index in [0.29, 0.717) is 13.0 Å². The highest BCUT2D eigenvalue weighted by atomic mass is 16.5. The number of ether oxygens (including phenoxy) is 1. The average molecular weight is 200 g/mol. The number of carboxylic acids is 1. The SMILES string of the molecule is CC/C=C/CCOC(=O)CCC(=O)O. The zero-order valence-corrected chi connectivity index (χ0v) is 8.36. The standard InChI is InChI=1S/C10H16O4/c1-2-3-4-5-8-14-10(13)7-6-9(11)12/h3-4H,2,5-8H2,1H3,(H,11,12)/b4-3+. The lowest BCUT2D eigenvalue weighted by atomic mass is 10.3. The van der Waals surface area contributed by atoms with E-state index in [0.717, 1.165) is 6.42 Å². The van der Waals surface area contributed by atoms with Crippen molar-refractivity contribution in [3.63, 3.8) is 0 Å². The molecule has 0 saturated carbocycles. The van der Waals surface area contributed by atoms with Gasteiger partial charge in [-0.25, -0.2) is 0 Å². The molecule has 4 nitrogen and oxygen atoms in total. The van der Waals surface area contributed by atoms with E-state index < -0.39 is 11.9 Å². The maximum atomic E-state index is 10.9. The average Bonchev–Trinajstić information content (AvgIpc) is 2.14. The maximum absolute atomic E-state index is 10.9. The molecule has 0 aromatic carbocycles. The third-order valence-electron chi connectivity index (χ3n) is 1.49. The van der Waals surface area contributed by atoms with Crippen molar-refractivity contribution in [1.82, 2.24) is 0 Å². The smallest absolute Gasteiger partial charge is 0.306 e. The second-order valence-corrected chi connectivity index (χ2v) is 2.78. The predicted molar refractivity (Wildman–Crippen MR) is 51.9 cm³/mol. The van der Waals surface area contributed by atoms with Crippen LogP contribution in [0.4, 0.5) is 0 Å². The first-order chi connectivity index (χ1) is 6.66. The molecule has 1 N–H and O–H groups in total. The largest absolute Gasteiger partial charge is 0.481 e. The molecule has 0 aromatic heterocycles. The molecule has 0 unspecified atom stereocenters. The first-order valence-corrected chi connectivity index (χ1v) is 4.69. The van der Waals surface area contributed by atoms with Gasteiger partial charge >= 0.3 is 11.9 Å². The minimum Gasteiger partial charge on any atom is -0.481 e. The van der Waals surface area contributed by atoms with Gasteiger partial charge in [0.1, 0.15) is 0 Å². The summed E-state index contributed by atoms with van der Waals surface area (Å²) in [6.45, 7) is 2.35. The van der Waals surface area contributed by atoms with Crippen LogP contribution in [-0.2, 0) is 14.3 Å². The van der Waals surface area contributed by atoms with Crippen LogP contribution in [0.15, 0.2) is 12.2 Å². The third-order valence-corrected chi connectivity index (χ3v) is 1.49. The number of carbonyl (C=O) groups is 2. The Hall–Kier alpha value is -1.32. The molecule has 0 radical (unpaired) electrons. The second kappa shape index (κ2) is 8.29. The van der Waals surface area contributed by atoms with Crippen molar-refractivity contribution in [1.29, 1.82) is 0 Å². The molecule has 0 aliphatic rings. The van der Waals surface area contributed by atoms with E-state index in [1.807, 2.05) is 19.1 Å². The Kier molecular flexibility index (Phi) is 7.50. The number of carboxylic acid groups (broad SMARTS) is 1. The number of aliphatic carboxylic acids is 1. The van der Waals surface area contributed by atoms with Gasteiger partial charge in [-0.15, -0.1) is 0 Å². The molecular formula is C10H16O4. The van der Waals surface area contributed by atoms with Crippen LogP contribution in [0.2, 0.25) is 0 Å². The summed E-state index contributed by atoms with van der Waals surface area (Å²) >= 11 is 0. The number of hydrogen-bond acceptors (Lipinski definition) is 3. The Bertz CT molecular complexity index is 208. The minimum absolute atomic E-state index is 0.0488. The van der Waals surface area contributed by atoms with E-state index in [2.05, 4.69) is 0 Å². The van der Waals surface area contributed by atoms with Crippen molar-refractivity contribution in [3.05, 3.63) is 12.2 Å². The fourth-order valence-electron chi connectivity index (χ4n) is 0.806. The molecule has 0 aliphatic carbocycles. The van der Waals surface area contributed by atoms with Crippen LogP contribution in [0.1, 0.15) is 32.6 Å². The molecule has 0 amide bonds. The summed E-state index contributed by atoms with van der Waals surface area (Å²) in [5.74, 6) is -1.43. The Labute approximate surface area is 83.6 Å². The summed E-state index contributed by atoms with van der Waals surface area (Å²) in [5, 5.41) is 8.28. The molecule has 0 aliphatic heterocycles. The van der Waals surface area contributed by atoms with Crippen LogP contribution < -0.4 is 0 Å². The number of hydrogen-bond donors (Lipinski definition) is 1. The first-order valence-electron chi connectivity index (χ1n) is 4.69. The predicted octanol–water partition coefficient (Wildman–Crippen LogP) is 1.75. The summed E-state index contributed by atoms with van der Waals surface area (Å²) in [6.07, 6.45) is 5.37.